The number of benzene rings is 1. The lowest BCUT2D eigenvalue weighted by atomic mass is 9.94. The molecular weight excluding hydrogens is 331 g/mol. The highest BCUT2D eigenvalue weighted by Crippen LogP contribution is 2.42. The van der Waals surface area contributed by atoms with E-state index in [1.54, 1.807) is 0 Å². The number of carbonyl (C=O) groups excluding carboxylic acids is 1. The van der Waals surface area contributed by atoms with Crippen molar-refractivity contribution in [3.63, 3.8) is 0 Å². The molecule has 1 fully saturated rings. The van der Waals surface area contributed by atoms with Crippen LogP contribution in [0, 0.1) is 5.92 Å². The molecule has 0 aromatic heterocycles. The normalized spacial score (nSPS) is 32.4. The van der Waals surface area contributed by atoms with Crippen LogP contribution in [0.2, 0.25) is 0 Å². The number of hydrogen-bond donors (Lipinski definition) is 0. The molecule has 17 heavy (non-hydrogen) atoms. The minimum absolute atomic E-state index is 0.0601. The van der Waals surface area contributed by atoms with E-state index in [2.05, 4.69) is 22.6 Å². The van der Waals surface area contributed by atoms with Crippen molar-refractivity contribution in [2.75, 3.05) is 7.11 Å². The first-order valence-electron chi connectivity index (χ1n) is 5.57. The molecule has 4 heteroatoms. The number of hydrogen-bond acceptors (Lipinski definition) is 3. The summed E-state index contributed by atoms with van der Waals surface area (Å²) in [6.07, 6.45) is -0.134. The van der Waals surface area contributed by atoms with E-state index < -0.39 is 0 Å². The highest BCUT2D eigenvalue weighted by atomic mass is 127. The van der Waals surface area contributed by atoms with Gasteiger partial charge < -0.3 is 9.47 Å². The van der Waals surface area contributed by atoms with Crippen LogP contribution < -0.4 is 0 Å². The third kappa shape index (κ3) is 2.47. The highest BCUT2D eigenvalue weighted by molar-refractivity contribution is 14.1. The molecule has 0 spiro atoms. The van der Waals surface area contributed by atoms with Gasteiger partial charge in [0.15, 0.2) is 0 Å². The van der Waals surface area contributed by atoms with Crippen LogP contribution in [0.5, 0.6) is 0 Å². The minimum Gasteiger partial charge on any atom is -0.469 e. The molecule has 1 aromatic carbocycles. The van der Waals surface area contributed by atoms with Crippen molar-refractivity contribution < 1.29 is 14.3 Å². The molecule has 0 radical (unpaired) electrons. The van der Waals surface area contributed by atoms with E-state index in [4.69, 9.17) is 9.47 Å². The van der Waals surface area contributed by atoms with Gasteiger partial charge in [-0.15, -0.1) is 0 Å². The maximum Gasteiger partial charge on any atom is 0.312 e. The summed E-state index contributed by atoms with van der Waals surface area (Å²) in [5.41, 5.74) is 1.04. The standard InChI is InChI=1S/C13H15IO3/c1-8-11(14)10(13(15)16-2)12(17-8)9-6-4-3-5-7-9/h3-8,10-12H,1-2H3/t8-,10-,11+,12+/m0/s1. The number of methoxy groups -OCH3 is 1. The average Bonchev–Trinajstić information content (AvgIpc) is 2.66. The first kappa shape index (κ1) is 12.8. The zero-order valence-electron chi connectivity index (χ0n) is 9.80. The molecule has 1 saturated heterocycles. The molecule has 0 unspecified atom stereocenters. The van der Waals surface area contributed by atoms with Gasteiger partial charge >= 0.3 is 5.97 Å². The Hall–Kier alpha value is -0.620. The summed E-state index contributed by atoms with van der Waals surface area (Å²) in [6.45, 7) is 2.00. The molecule has 1 aliphatic rings. The van der Waals surface area contributed by atoms with Gasteiger partial charge in [-0.2, -0.15) is 0 Å². The number of carbonyl (C=O) groups is 1. The van der Waals surface area contributed by atoms with Crippen LogP contribution in [0.1, 0.15) is 18.6 Å². The Labute approximate surface area is 115 Å². The Morgan fingerprint density at radius 3 is 2.59 bits per heavy atom. The summed E-state index contributed by atoms with van der Waals surface area (Å²) >= 11 is 2.27. The summed E-state index contributed by atoms with van der Waals surface area (Å²) in [4.78, 5) is 11.8. The summed E-state index contributed by atoms with van der Waals surface area (Å²) in [6, 6.07) is 9.84. The maximum absolute atomic E-state index is 11.8. The number of halogens is 1. The van der Waals surface area contributed by atoms with Crippen molar-refractivity contribution in [1.29, 1.82) is 0 Å². The molecule has 0 amide bonds. The molecule has 0 N–H and O–H groups in total. The van der Waals surface area contributed by atoms with Crippen LogP contribution in [0.4, 0.5) is 0 Å². The van der Waals surface area contributed by atoms with Crippen molar-refractivity contribution in [3.8, 4) is 0 Å². The van der Waals surface area contributed by atoms with Crippen molar-refractivity contribution in [1.82, 2.24) is 0 Å². The number of rotatable bonds is 2. The lowest BCUT2D eigenvalue weighted by Crippen LogP contribution is -2.27. The molecule has 1 aliphatic heterocycles. The third-order valence-electron chi connectivity index (χ3n) is 3.08. The van der Waals surface area contributed by atoms with Crippen molar-refractivity contribution in [2.24, 2.45) is 5.92 Å². The number of ether oxygens (including phenoxy) is 2. The first-order chi connectivity index (χ1) is 8.15. The van der Waals surface area contributed by atoms with Crippen LogP contribution in [-0.4, -0.2) is 23.1 Å². The molecule has 3 nitrogen and oxygen atoms in total. The third-order valence-corrected chi connectivity index (χ3v) is 4.87. The molecule has 1 heterocycles. The number of alkyl halides is 1. The lowest BCUT2D eigenvalue weighted by molar-refractivity contribution is -0.147. The van der Waals surface area contributed by atoms with Crippen LogP contribution in [0.15, 0.2) is 30.3 Å². The lowest BCUT2D eigenvalue weighted by Gasteiger charge is -2.18. The van der Waals surface area contributed by atoms with Gasteiger partial charge in [0.05, 0.1) is 23.2 Å². The second-order valence-corrected chi connectivity index (χ2v) is 5.60. The second kappa shape index (κ2) is 5.35. The molecule has 1 aromatic rings. The van der Waals surface area contributed by atoms with Gasteiger partial charge in [-0.05, 0) is 12.5 Å². The Balaban J connectivity index is 2.30. The molecule has 0 bridgehead atoms. The fourth-order valence-electron chi connectivity index (χ4n) is 2.17. The van der Waals surface area contributed by atoms with Gasteiger partial charge in [-0.25, -0.2) is 0 Å². The van der Waals surface area contributed by atoms with E-state index in [9.17, 15) is 4.79 Å². The van der Waals surface area contributed by atoms with Gasteiger partial charge in [0.25, 0.3) is 0 Å². The van der Waals surface area contributed by atoms with Gasteiger partial charge in [0.1, 0.15) is 5.92 Å². The molecule has 0 saturated carbocycles. The molecule has 2 rings (SSSR count). The summed E-state index contributed by atoms with van der Waals surface area (Å²) in [5.74, 6) is -0.416. The fourth-order valence-corrected chi connectivity index (χ4v) is 3.01. The van der Waals surface area contributed by atoms with Crippen LogP contribution in [-0.2, 0) is 14.3 Å². The van der Waals surface area contributed by atoms with Gasteiger partial charge in [-0.3, -0.25) is 4.79 Å². The number of esters is 1. The van der Waals surface area contributed by atoms with Gasteiger partial charge in [0, 0.05) is 0 Å². The predicted molar refractivity (Wildman–Crippen MR) is 73.0 cm³/mol. The summed E-state index contributed by atoms with van der Waals surface area (Å²) < 4.78 is 10.9. The van der Waals surface area contributed by atoms with Crippen molar-refractivity contribution >= 4 is 28.6 Å². The quantitative estimate of drug-likeness (QED) is 0.469. The van der Waals surface area contributed by atoms with Crippen molar-refractivity contribution in [3.05, 3.63) is 35.9 Å². The van der Waals surface area contributed by atoms with E-state index in [0.29, 0.717) is 0 Å². The maximum atomic E-state index is 11.8. The Bertz CT molecular complexity index is 393. The first-order valence-corrected chi connectivity index (χ1v) is 6.82. The summed E-state index contributed by atoms with van der Waals surface area (Å²) in [5, 5.41) is 0. The van der Waals surface area contributed by atoms with Gasteiger partial charge in [-0.1, -0.05) is 52.9 Å². The monoisotopic (exact) mass is 346 g/mol. The molecule has 92 valence electrons. The highest BCUT2D eigenvalue weighted by Gasteiger charge is 2.46. The Kier molecular flexibility index (Phi) is 4.04. The van der Waals surface area contributed by atoms with Crippen LogP contribution >= 0.6 is 22.6 Å². The molecular formula is C13H15IO3. The topological polar surface area (TPSA) is 35.5 Å². The van der Waals surface area contributed by atoms with E-state index in [1.165, 1.54) is 7.11 Å². The van der Waals surface area contributed by atoms with Crippen molar-refractivity contribution in [2.45, 2.75) is 23.1 Å². The smallest absolute Gasteiger partial charge is 0.312 e. The fraction of sp³-hybridized carbons (Fsp3) is 0.462. The summed E-state index contributed by atoms with van der Waals surface area (Å²) in [7, 11) is 1.43. The minimum atomic E-state index is -0.224. The molecule has 4 atom stereocenters. The van der Waals surface area contributed by atoms with E-state index in [0.717, 1.165) is 5.56 Å². The van der Waals surface area contributed by atoms with Crippen LogP contribution in [0.3, 0.4) is 0 Å². The van der Waals surface area contributed by atoms with E-state index in [-0.39, 0.29) is 28.0 Å². The second-order valence-electron chi connectivity index (χ2n) is 4.17. The van der Waals surface area contributed by atoms with E-state index >= 15 is 0 Å². The predicted octanol–water partition coefficient (Wildman–Crippen LogP) is 2.74. The van der Waals surface area contributed by atoms with E-state index in [1.807, 2.05) is 37.3 Å². The Morgan fingerprint density at radius 2 is 2.00 bits per heavy atom. The Morgan fingerprint density at radius 1 is 1.35 bits per heavy atom. The largest absolute Gasteiger partial charge is 0.469 e. The SMILES string of the molecule is COC(=O)[C@H]1[C@H](I)[C@H](C)O[C@@H]1c1ccccc1. The van der Waals surface area contributed by atoms with Gasteiger partial charge in [0.2, 0.25) is 0 Å². The zero-order valence-corrected chi connectivity index (χ0v) is 12.0. The molecule has 0 aliphatic carbocycles. The zero-order chi connectivity index (χ0) is 12.4. The van der Waals surface area contributed by atoms with Crippen LogP contribution in [0.25, 0.3) is 0 Å². The average molecular weight is 346 g/mol.